The number of hydrogen-bond acceptors (Lipinski definition) is 4. The van der Waals surface area contributed by atoms with E-state index in [0.29, 0.717) is 6.07 Å². The molecule has 1 rings (SSSR count). The number of thiocarbonyl (C=S) groups is 1. The summed E-state index contributed by atoms with van der Waals surface area (Å²) in [6, 6.07) is 2.26. The average molecular weight is 338 g/mol. The topological polar surface area (TPSA) is 72.6 Å². The van der Waals surface area contributed by atoms with Crippen LogP contribution in [0.15, 0.2) is 23.1 Å². The van der Waals surface area contributed by atoms with Crippen molar-refractivity contribution in [1.29, 1.82) is 0 Å². The van der Waals surface area contributed by atoms with Gasteiger partial charge in [0.2, 0.25) is 10.0 Å². The number of ether oxygens (including phenoxy) is 1. The Balaban J connectivity index is 3.12. The maximum absolute atomic E-state index is 13.7. The zero-order valence-electron chi connectivity index (χ0n) is 11.4. The maximum Gasteiger partial charge on any atom is 0.246 e. The average Bonchev–Trinajstić information content (AvgIpc) is 2.40. The van der Waals surface area contributed by atoms with E-state index < -0.39 is 26.6 Å². The second-order valence-electron chi connectivity index (χ2n) is 4.19. The Morgan fingerprint density at radius 1 is 1.38 bits per heavy atom. The normalized spacial score (nSPS) is 11.8. The molecule has 0 saturated carbocycles. The van der Waals surface area contributed by atoms with E-state index in [1.807, 2.05) is 0 Å². The Morgan fingerprint density at radius 2 is 2.05 bits per heavy atom. The van der Waals surface area contributed by atoms with Gasteiger partial charge in [0, 0.05) is 26.6 Å². The number of benzene rings is 1. The minimum absolute atomic E-state index is 0.0165. The predicted octanol–water partition coefficient (Wildman–Crippen LogP) is 1.28. The molecule has 0 fully saturated rings. The molecule has 2 N–H and O–H groups in total. The summed E-state index contributed by atoms with van der Waals surface area (Å²) in [6.07, 6.45) is 0.134. The van der Waals surface area contributed by atoms with Crippen molar-refractivity contribution in [2.24, 2.45) is 5.73 Å². The molecule has 0 bridgehead atoms. The number of nitrogens with zero attached hydrogens (tertiary/aromatic N) is 1. The van der Waals surface area contributed by atoms with Crippen molar-refractivity contribution in [2.45, 2.75) is 11.3 Å². The molecule has 0 spiro atoms. The molecule has 1 aromatic carbocycles. The minimum Gasteiger partial charge on any atom is -0.393 e. The first-order valence-electron chi connectivity index (χ1n) is 6.01. The first-order chi connectivity index (χ1) is 9.78. The lowest BCUT2D eigenvalue weighted by Crippen LogP contribution is -2.36. The number of nitrogens with two attached hydrogens (primary N) is 1. The third kappa shape index (κ3) is 4.95. The molecule has 0 unspecified atom stereocenters. The first kappa shape index (κ1) is 17.9. The quantitative estimate of drug-likeness (QED) is 0.723. The highest BCUT2D eigenvalue weighted by atomic mass is 32.2. The molecular formula is C12H16F2N2O3S2. The van der Waals surface area contributed by atoms with Gasteiger partial charge in [0.25, 0.3) is 0 Å². The molecule has 0 aliphatic rings. The fourth-order valence-electron chi connectivity index (χ4n) is 1.59. The van der Waals surface area contributed by atoms with Crippen LogP contribution < -0.4 is 5.73 Å². The fraction of sp³-hybridized carbons (Fsp3) is 0.417. The molecule has 9 heteroatoms. The van der Waals surface area contributed by atoms with E-state index >= 15 is 0 Å². The first-order valence-corrected chi connectivity index (χ1v) is 7.86. The van der Waals surface area contributed by atoms with Crippen molar-refractivity contribution in [3.8, 4) is 0 Å². The van der Waals surface area contributed by atoms with Gasteiger partial charge in [-0.3, -0.25) is 0 Å². The van der Waals surface area contributed by atoms with Crippen molar-refractivity contribution < 1.29 is 21.9 Å². The van der Waals surface area contributed by atoms with Gasteiger partial charge in [0.15, 0.2) is 0 Å². The Bertz CT molecular complexity index is 609. The van der Waals surface area contributed by atoms with Crippen molar-refractivity contribution in [2.75, 3.05) is 26.8 Å². The van der Waals surface area contributed by atoms with Crippen molar-refractivity contribution in [1.82, 2.24) is 4.31 Å². The number of methoxy groups -OCH3 is 1. The van der Waals surface area contributed by atoms with E-state index in [4.69, 9.17) is 22.7 Å². The Hall–Kier alpha value is -1.16. The van der Waals surface area contributed by atoms with Crippen LogP contribution in [0.3, 0.4) is 0 Å². The third-order valence-electron chi connectivity index (χ3n) is 2.66. The molecular weight excluding hydrogens is 322 g/mol. The molecule has 0 atom stereocenters. The van der Waals surface area contributed by atoms with Crippen LogP contribution >= 0.6 is 12.2 Å². The van der Waals surface area contributed by atoms with Gasteiger partial charge in [-0.05, 0) is 18.2 Å². The molecule has 0 aromatic heterocycles. The van der Waals surface area contributed by atoms with Gasteiger partial charge in [0.1, 0.15) is 16.5 Å². The van der Waals surface area contributed by atoms with Crippen LogP contribution in [0.2, 0.25) is 0 Å². The van der Waals surface area contributed by atoms with Gasteiger partial charge >= 0.3 is 0 Å². The van der Waals surface area contributed by atoms with Crippen LogP contribution in [0.5, 0.6) is 0 Å². The lowest BCUT2D eigenvalue weighted by atomic mass is 10.3. The summed E-state index contributed by atoms with van der Waals surface area (Å²) >= 11 is 4.70. The smallest absolute Gasteiger partial charge is 0.246 e. The van der Waals surface area contributed by atoms with E-state index in [2.05, 4.69) is 0 Å². The Labute approximate surface area is 127 Å². The van der Waals surface area contributed by atoms with E-state index in [-0.39, 0.29) is 31.1 Å². The number of hydrogen-bond donors (Lipinski definition) is 1. The van der Waals surface area contributed by atoms with E-state index in [1.54, 1.807) is 0 Å². The highest BCUT2D eigenvalue weighted by Gasteiger charge is 2.27. The SMILES string of the molecule is COCCN(CCC(N)=S)S(=O)(=O)c1cc(F)ccc1F. The van der Waals surface area contributed by atoms with Crippen LogP contribution in [0.1, 0.15) is 6.42 Å². The van der Waals surface area contributed by atoms with Crippen LogP contribution in [0, 0.1) is 11.6 Å². The molecule has 0 aliphatic heterocycles. The molecule has 0 heterocycles. The predicted molar refractivity (Wildman–Crippen MR) is 78.4 cm³/mol. The highest BCUT2D eigenvalue weighted by Crippen LogP contribution is 2.20. The van der Waals surface area contributed by atoms with Gasteiger partial charge in [0.05, 0.1) is 11.6 Å². The summed E-state index contributed by atoms with van der Waals surface area (Å²) in [5, 5.41) is 0. The minimum atomic E-state index is -4.20. The summed E-state index contributed by atoms with van der Waals surface area (Å²) in [7, 11) is -2.80. The van der Waals surface area contributed by atoms with Gasteiger partial charge < -0.3 is 10.5 Å². The van der Waals surface area contributed by atoms with Crippen molar-refractivity contribution in [3.05, 3.63) is 29.8 Å². The molecule has 1 aromatic rings. The lowest BCUT2D eigenvalue weighted by Gasteiger charge is -2.22. The second-order valence-corrected chi connectivity index (χ2v) is 6.62. The van der Waals surface area contributed by atoms with Crippen LogP contribution in [0.4, 0.5) is 8.78 Å². The van der Waals surface area contributed by atoms with E-state index in [0.717, 1.165) is 16.4 Å². The maximum atomic E-state index is 13.7. The third-order valence-corrected chi connectivity index (χ3v) is 4.78. The molecule has 0 saturated heterocycles. The van der Waals surface area contributed by atoms with Gasteiger partial charge in [-0.25, -0.2) is 17.2 Å². The molecule has 21 heavy (non-hydrogen) atoms. The zero-order valence-corrected chi connectivity index (χ0v) is 13.0. The number of sulfonamides is 1. The molecule has 5 nitrogen and oxygen atoms in total. The van der Waals surface area contributed by atoms with Crippen molar-refractivity contribution in [3.63, 3.8) is 0 Å². The largest absolute Gasteiger partial charge is 0.393 e. The lowest BCUT2D eigenvalue weighted by molar-refractivity contribution is 0.179. The van der Waals surface area contributed by atoms with E-state index in [9.17, 15) is 17.2 Å². The highest BCUT2D eigenvalue weighted by molar-refractivity contribution is 7.89. The fourth-order valence-corrected chi connectivity index (χ4v) is 3.19. The van der Waals surface area contributed by atoms with Crippen molar-refractivity contribution >= 4 is 27.2 Å². The van der Waals surface area contributed by atoms with E-state index in [1.165, 1.54) is 7.11 Å². The monoisotopic (exact) mass is 338 g/mol. The Morgan fingerprint density at radius 3 is 2.62 bits per heavy atom. The summed E-state index contributed by atoms with van der Waals surface area (Å²) < 4.78 is 57.5. The molecule has 0 aliphatic carbocycles. The molecule has 0 radical (unpaired) electrons. The number of rotatable bonds is 8. The summed E-state index contributed by atoms with van der Waals surface area (Å²) in [5.41, 5.74) is 5.35. The molecule has 0 amide bonds. The van der Waals surface area contributed by atoms with Crippen LogP contribution in [0.25, 0.3) is 0 Å². The summed E-state index contributed by atoms with van der Waals surface area (Å²) in [6.45, 7) is 0.0574. The summed E-state index contributed by atoms with van der Waals surface area (Å²) in [4.78, 5) is -0.589. The summed E-state index contributed by atoms with van der Waals surface area (Å²) in [5.74, 6) is -1.86. The standard InChI is InChI=1S/C12H16F2N2O3S2/c1-19-7-6-16(5-4-12(15)20)21(17,18)11-8-9(13)2-3-10(11)14/h2-3,8H,4-7H2,1H3,(H2,15,20). The van der Waals surface area contributed by atoms with Gasteiger partial charge in [-0.2, -0.15) is 4.31 Å². The van der Waals surface area contributed by atoms with Crippen LogP contribution in [-0.2, 0) is 14.8 Å². The molecule has 118 valence electrons. The van der Waals surface area contributed by atoms with Gasteiger partial charge in [-0.1, -0.05) is 12.2 Å². The second kappa shape index (κ2) is 7.74. The number of halogens is 2. The Kier molecular flexibility index (Phi) is 6.59. The van der Waals surface area contributed by atoms with Crippen LogP contribution in [-0.4, -0.2) is 44.5 Å². The van der Waals surface area contributed by atoms with Gasteiger partial charge in [-0.15, -0.1) is 0 Å². The zero-order chi connectivity index (χ0) is 16.0.